The van der Waals surface area contributed by atoms with Gasteiger partial charge in [0.1, 0.15) is 0 Å². The van der Waals surface area contributed by atoms with Gasteiger partial charge in [0.05, 0.1) is 0 Å². The van der Waals surface area contributed by atoms with Crippen LogP contribution < -0.4 is 4.90 Å². The highest BCUT2D eigenvalue weighted by molar-refractivity contribution is 5.79. The fourth-order valence-corrected chi connectivity index (χ4v) is 2.73. The Balaban J connectivity index is 0.000000201. The number of benzene rings is 2. The normalized spacial score (nSPS) is 11.4. The summed E-state index contributed by atoms with van der Waals surface area (Å²) in [5.74, 6) is 0. The van der Waals surface area contributed by atoms with E-state index < -0.39 is 0 Å². The molecular weight excluding hydrogens is 316 g/mol. The van der Waals surface area contributed by atoms with Crippen molar-refractivity contribution in [2.45, 2.75) is 47.0 Å². The SMILES string of the molecule is CCC.CCC.CN1CCc2ccccc21.Cn1ccc2ccccc21. The smallest absolute Gasteiger partial charge is 0.0477 e. The molecule has 0 atom stereocenters. The van der Waals surface area contributed by atoms with Gasteiger partial charge < -0.3 is 9.47 Å². The number of anilines is 1. The Kier molecular flexibility index (Phi) is 10.2. The van der Waals surface area contributed by atoms with Gasteiger partial charge in [-0.1, -0.05) is 76.9 Å². The van der Waals surface area contributed by atoms with E-state index in [0.29, 0.717) is 0 Å². The van der Waals surface area contributed by atoms with Crippen molar-refractivity contribution in [3.05, 3.63) is 66.4 Å². The van der Waals surface area contributed by atoms with Crippen LogP contribution in [0.15, 0.2) is 60.8 Å². The summed E-state index contributed by atoms with van der Waals surface area (Å²) in [5, 5.41) is 1.31. The average Bonchev–Trinajstić information content (AvgIpc) is 3.21. The van der Waals surface area contributed by atoms with Crippen molar-refractivity contribution < 1.29 is 0 Å². The van der Waals surface area contributed by atoms with Crippen LogP contribution in [0, 0.1) is 0 Å². The largest absolute Gasteiger partial charge is 0.374 e. The van der Waals surface area contributed by atoms with Crippen molar-refractivity contribution in [2.75, 3.05) is 18.5 Å². The van der Waals surface area contributed by atoms with Gasteiger partial charge in [-0.3, -0.25) is 0 Å². The molecule has 1 aliphatic heterocycles. The molecule has 0 N–H and O–H groups in total. The molecule has 2 nitrogen and oxygen atoms in total. The molecular formula is C24H36N2. The highest BCUT2D eigenvalue weighted by Gasteiger charge is 2.12. The van der Waals surface area contributed by atoms with E-state index in [1.165, 1.54) is 48.0 Å². The molecule has 2 heterocycles. The van der Waals surface area contributed by atoms with Crippen LogP contribution in [0.1, 0.15) is 46.1 Å². The van der Waals surface area contributed by atoms with E-state index >= 15 is 0 Å². The minimum atomic E-state index is 1.18. The van der Waals surface area contributed by atoms with E-state index in [1.54, 1.807) is 0 Å². The number of aryl methyl sites for hydroxylation is 1. The standard InChI is InChI=1S/C9H11N.C9H9N.2C3H8/c2*1-10-7-6-8-4-2-3-5-9(8)10;2*1-3-2/h2-5H,6-7H2,1H3;2-7H,1H3;2*3H2,1-2H3. The number of aromatic nitrogens is 1. The first-order valence-corrected chi connectivity index (χ1v) is 9.87. The Morgan fingerprint density at radius 2 is 1.35 bits per heavy atom. The summed E-state index contributed by atoms with van der Waals surface area (Å²) in [6, 6.07) is 19.1. The highest BCUT2D eigenvalue weighted by atomic mass is 15.1. The quantitative estimate of drug-likeness (QED) is 0.437. The lowest BCUT2D eigenvalue weighted by molar-refractivity contribution is 0.956. The predicted molar refractivity (Wildman–Crippen MR) is 118 cm³/mol. The minimum absolute atomic E-state index is 1.18. The van der Waals surface area contributed by atoms with Gasteiger partial charge in [0.15, 0.2) is 0 Å². The summed E-state index contributed by atoms with van der Waals surface area (Å²) < 4.78 is 2.12. The van der Waals surface area contributed by atoms with Crippen LogP contribution in [0.25, 0.3) is 10.9 Å². The summed E-state index contributed by atoms with van der Waals surface area (Å²) in [6.07, 6.45) is 5.79. The number of hydrogen-bond acceptors (Lipinski definition) is 1. The van der Waals surface area contributed by atoms with Crippen LogP contribution in [0.4, 0.5) is 5.69 Å². The van der Waals surface area contributed by atoms with Crippen molar-refractivity contribution >= 4 is 16.6 Å². The molecule has 26 heavy (non-hydrogen) atoms. The summed E-state index contributed by atoms with van der Waals surface area (Å²) in [6.45, 7) is 9.68. The zero-order valence-corrected chi connectivity index (χ0v) is 17.5. The van der Waals surface area contributed by atoms with Crippen LogP contribution in [0.2, 0.25) is 0 Å². The minimum Gasteiger partial charge on any atom is -0.374 e. The third-order valence-electron chi connectivity index (χ3n) is 3.91. The number of fused-ring (bicyclic) bond motifs is 2. The number of hydrogen-bond donors (Lipinski definition) is 0. The van der Waals surface area contributed by atoms with E-state index in [0.717, 1.165) is 0 Å². The summed E-state index contributed by atoms with van der Waals surface area (Å²) in [5.41, 5.74) is 4.19. The molecule has 142 valence electrons. The number of nitrogens with zero attached hydrogens (tertiary/aromatic N) is 2. The van der Waals surface area contributed by atoms with Gasteiger partial charge in [0, 0.05) is 38.0 Å². The second-order valence-electron chi connectivity index (χ2n) is 6.70. The Bertz CT molecular complexity index is 741. The van der Waals surface area contributed by atoms with Gasteiger partial charge in [-0.2, -0.15) is 0 Å². The van der Waals surface area contributed by atoms with Crippen molar-refractivity contribution in [2.24, 2.45) is 7.05 Å². The maximum absolute atomic E-state index is 2.30. The molecule has 4 rings (SSSR count). The van der Waals surface area contributed by atoms with Crippen molar-refractivity contribution in [3.8, 4) is 0 Å². The molecule has 0 aliphatic carbocycles. The highest BCUT2D eigenvalue weighted by Crippen LogP contribution is 2.25. The summed E-state index contributed by atoms with van der Waals surface area (Å²) in [4.78, 5) is 2.30. The predicted octanol–water partition coefficient (Wildman–Crippen LogP) is 6.69. The van der Waals surface area contributed by atoms with Crippen LogP contribution >= 0.6 is 0 Å². The molecule has 2 heteroatoms. The van der Waals surface area contributed by atoms with Gasteiger partial charge in [0.2, 0.25) is 0 Å². The molecule has 0 unspecified atom stereocenters. The molecule has 0 fully saturated rings. The maximum Gasteiger partial charge on any atom is 0.0477 e. The molecule has 2 aromatic carbocycles. The topological polar surface area (TPSA) is 8.17 Å². The van der Waals surface area contributed by atoms with E-state index in [1.807, 2.05) is 0 Å². The van der Waals surface area contributed by atoms with E-state index in [-0.39, 0.29) is 0 Å². The molecule has 0 bridgehead atoms. The van der Waals surface area contributed by atoms with Crippen LogP contribution in [-0.2, 0) is 13.5 Å². The van der Waals surface area contributed by atoms with Crippen molar-refractivity contribution in [1.82, 2.24) is 4.57 Å². The van der Waals surface area contributed by atoms with E-state index in [2.05, 4.69) is 112 Å². The van der Waals surface area contributed by atoms with Crippen LogP contribution in [-0.4, -0.2) is 18.2 Å². The fourth-order valence-electron chi connectivity index (χ4n) is 2.73. The van der Waals surface area contributed by atoms with Crippen molar-refractivity contribution in [1.29, 1.82) is 0 Å². The van der Waals surface area contributed by atoms with Crippen molar-refractivity contribution in [3.63, 3.8) is 0 Å². The van der Waals surface area contributed by atoms with Gasteiger partial charge in [-0.15, -0.1) is 0 Å². The van der Waals surface area contributed by atoms with Gasteiger partial charge in [0.25, 0.3) is 0 Å². The Morgan fingerprint density at radius 1 is 0.769 bits per heavy atom. The molecule has 0 saturated carbocycles. The zero-order valence-electron chi connectivity index (χ0n) is 17.5. The molecule has 0 saturated heterocycles. The Labute approximate surface area is 160 Å². The second kappa shape index (κ2) is 12.2. The van der Waals surface area contributed by atoms with Gasteiger partial charge in [-0.25, -0.2) is 0 Å². The summed E-state index contributed by atoms with van der Waals surface area (Å²) >= 11 is 0. The molecule has 0 spiro atoms. The molecule has 3 aromatic rings. The summed E-state index contributed by atoms with van der Waals surface area (Å²) in [7, 11) is 4.20. The molecule has 1 aliphatic rings. The average molecular weight is 353 g/mol. The van der Waals surface area contributed by atoms with Crippen LogP contribution in [0.3, 0.4) is 0 Å². The van der Waals surface area contributed by atoms with E-state index in [9.17, 15) is 0 Å². The third kappa shape index (κ3) is 6.59. The Hall–Kier alpha value is -2.22. The maximum atomic E-state index is 2.30. The van der Waals surface area contributed by atoms with Crippen LogP contribution in [0.5, 0.6) is 0 Å². The van der Waals surface area contributed by atoms with Gasteiger partial charge in [-0.05, 0) is 35.6 Å². The van der Waals surface area contributed by atoms with E-state index in [4.69, 9.17) is 0 Å². The Morgan fingerprint density at radius 3 is 1.96 bits per heavy atom. The first kappa shape index (κ1) is 21.8. The molecule has 0 radical (unpaired) electrons. The number of rotatable bonds is 0. The lowest BCUT2D eigenvalue weighted by Crippen LogP contribution is -2.12. The fraction of sp³-hybridized carbons (Fsp3) is 0.417. The van der Waals surface area contributed by atoms with Gasteiger partial charge >= 0.3 is 0 Å². The zero-order chi connectivity index (χ0) is 19.4. The monoisotopic (exact) mass is 352 g/mol. The third-order valence-corrected chi connectivity index (χ3v) is 3.91. The number of para-hydroxylation sites is 2. The second-order valence-corrected chi connectivity index (χ2v) is 6.70. The molecule has 0 amide bonds. The lowest BCUT2D eigenvalue weighted by Gasteiger charge is -2.10. The lowest BCUT2D eigenvalue weighted by atomic mass is 10.2. The first-order chi connectivity index (χ1) is 12.6. The number of likely N-dealkylation sites (N-methyl/N-ethyl adjacent to an activating group) is 1. The first-order valence-electron chi connectivity index (χ1n) is 9.87. The molecule has 1 aromatic heterocycles.